The smallest absolute Gasteiger partial charge is 0.159 e. The first-order chi connectivity index (χ1) is 7.81. The molecule has 0 N–H and O–H groups in total. The van der Waals surface area contributed by atoms with Gasteiger partial charge in [0.2, 0.25) is 0 Å². The molecule has 0 amide bonds. The fourth-order valence-corrected chi connectivity index (χ4v) is 2.33. The van der Waals surface area contributed by atoms with E-state index in [1.807, 2.05) is 6.92 Å². The van der Waals surface area contributed by atoms with Gasteiger partial charge in [-0.25, -0.2) is 9.97 Å². The summed E-state index contributed by atoms with van der Waals surface area (Å²) in [5.74, 6) is 0.644. The van der Waals surface area contributed by atoms with Crippen molar-refractivity contribution < 1.29 is 4.74 Å². The first kappa shape index (κ1) is 14.9. The fourth-order valence-electron chi connectivity index (χ4n) is 1.68. The van der Waals surface area contributed by atoms with Gasteiger partial charge in [0.1, 0.15) is 11.3 Å². The number of aromatic nitrogens is 2. The van der Waals surface area contributed by atoms with Crippen LogP contribution in [0.5, 0.6) is 0 Å². The third-order valence-electron chi connectivity index (χ3n) is 2.49. The van der Waals surface area contributed by atoms with Gasteiger partial charge in [-0.1, -0.05) is 39.3 Å². The summed E-state index contributed by atoms with van der Waals surface area (Å²) >= 11 is 9.49. The predicted octanol–water partition coefficient (Wildman–Crippen LogP) is 4.19. The molecule has 1 atom stereocenters. The molecule has 0 aliphatic heterocycles. The van der Waals surface area contributed by atoms with Gasteiger partial charge in [0.15, 0.2) is 5.82 Å². The van der Waals surface area contributed by atoms with Gasteiger partial charge in [0, 0.05) is 7.11 Å². The molecule has 5 heteroatoms. The number of halogens is 2. The van der Waals surface area contributed by atoms with Crippen molar-refractivity contribution in [2.24, 2.45) is 5.41 Å². The Kier molecular flexibility index (Phi) is 4.93. The van der Waals surface area contributed by atoms with Crippen LogP contribution in [0.3, 0.4) is 0 Å². The molecule has 0 aromatic carbocycles. The molecule has 0 radical (unpaired) electrons. The van der Waals surface area contributed by atoms with E-state index in [1.165, 1.54) is 0 Å². The Labute approximate surface area is 116 Å². The summed E-state index contributed by atoms with van der Waals surface area (Å²) in [6, 6.07) is 0. The molecule has 0 bridgehead atoms. The summed E-state index contributed by atoms with van der Waals surface area (Å²) in [6.45, 7) is 8.30. The molecule has 96 valence electrons. The van der Waals surface area contributed by atoms with Crippen molar-refractivity contribution >= 4 is 27.5 Å². The normalized spacial score (nSPS) is 13.8. The molecule has 1 rings (SSSR count). The van der Waals surface area contributed by atoms with Crippen LogP contribution in [0, 0.1) is 5.41 Å². The molecular formula is C12H18BrClN2O. The fraction of sp³-hybridized carbons (Fsp3) is 0.667. The van der Waals surface area contributed by atoms with Crippen molar-refractivity contribution in [2.75, 3.05) is 7.11 Å². The van der Waals surface area contributed by atoms with E-state index in [9.17, 15) is 0 Å². The number of methoxy groups -OCH3 is 1. The highest BCUT2D eigenvalue weighted by atomic mass is 79.9. The predicted molar refractivity (Wildman–Crippen MR) is 73.3 cm³/mol. The lowest BCUT2D eigenvalue weighted by Gasteiger charge is -2.28. The molecule has 0 saturated heterocycles. The molecule has 0 aliphatic carbocycles. The number of nitrogens with zero attached hydrogens (tertiary/aromatic N) is 2. The third kappa shape index (κ3) is 3.39. The van der Waals surface area contributed by atoms with Crippen LogP contribution in [0.15, 0.2) is 4.47 Å². The molecule has 0 fully saturated rings. The Balaban J connectivity index is 3.26. The lowest BCUT2D eigenvalue weighted by Crippen LogP contribution is -2.23. The maximum atomic E-state index is 6.10. The Hall–Kier alpha value is -0.190. The quantitative estimate of drug-likeness (QED) is 0.783. The average molecular weight is 322 g/mol. The highest BCUT2D eigenvalue weighted by Crippen LogP contribution is 2.35. The molecule has 0 aliphatic rings. The van der Waals surface area contributed by atoms with Crippen LogP contribution in [-0.4, -0.2) is 17.1 Å². The second-order valence-electron chi connectivity index (χ2n) is 4.97. The summed E-state index contributed by atoms with van der Waals surface area (Å²) in [5.41, 5.74) is 0.836. The Bertz CT molecular complexity index is 404. The van der Waals surface area contributed by atoms with Gasteiger partial charge >= 0.3 is 0 Å². The van der Waals surface area contributed by atoms with Gasteiger partial charge in [-0.3, -0.25) is 0 Å². The SMILES string of the molecule is CCc1nc(C(OC)C(C)(C)C)nc(Cl)c1Br. The first-order valence-corrected chi connectivity index (χ1v) is 6.73. The minimum Gasteiger partial charge on any atom is -0.373 e. The zero-order valence-electron chi connectivity index (χ0n) is 10.8. The van der Waals surface area contributed by atoms with Crippen molar-refractivity contribution in [1.82, 2.24) is 9.97 Å². The van der Waals surface area contributed by atoms with Crippen LogP contribution in [0.2, 0.25) is 5.15 Å². The lowest BCUT2D eigenvalue weighted by atomic mass is 9.88. The summed E-state index contributed by atoms with van der Waals surface area (Å²) < 4.78 is 6.27. The third-order valence-corrected chi connectivity index (χ3v) is 3.82. The largest absolute Gasteiger partial charge is 0.373 e. The van der Waals surface area contributed by atoms with E-state index < -0.39 is 0 Å². The van der Waals surface area contributed by atoms with Crippen LogP contribution < -0.4 is 0 Å². The lowest BCUT2D eigenvalue weighted by molar-refractivity contribution is 0.00849. The van der Waals surface area contributed by atoms with Gasteiger partial charge in [-0.05, 0) is 27.8 Å². The number of hydrogen-bond acceptors (Lipinski definition) is 3. The average Bonchev–Trinajstić information content (AvgIpc) is 2.21. The van der Waals surface area contributed by atoms with Gasteiger partial charge < -0.3 is 4.74 Å². The maximum absolute atomic E-state index is 6.10. The summed E-state index contributed by atoms with van der Waals surface area (Å²) in [7, 11) is 1.67. The van der Waals surface area contributed by atoms with E-state index in [0.29, 0.717) is 11.0 Å². The molecule has 1 heterocycles. The monoisotopic (exact) mass is 320 g/mol. The van der Waals surface area contributed by atoms with E-state index >= 15 is 0 Å². The van der Waals surface area contributed by atoms with Crippen molar-refractivity contribution in [2.45, 2.75) is 40.2 Å². The van der Waals surface area contributed by atoms with Crippen LogP contribution >= 0.6 is 27.5 Å². The molecule has 0 spiro atoms. The molecule has 3 nitrogen and oxygen atoms in total. The van der Waals surface area contributed by atoms with E-state index in [4.69, 9.17) is 16.3 Å². The summed E-state index contributed by atoms with van der Waals surface area (Å²) in [4.78, 5) is 8.82. The van der Waals surface area contributed by atoms with Gasteiger partial charge in [-0.15, -0.1) is 0 Å². The second kappa shape index (κ2) is 5.63. The Morgan fingerprint density at radius 3 is 2.35 bits per heavy atom. The first-order valence-electron chi connectivity index (χ1n) is 5.55. The Morgan fingerprint density at radius 2 is 1.94 bits per heavy atom. The molecule has 0 saturated carbocycles. The molecule has 1 aromatic rings. The van der Waals surface area contributed by atoms with E-state index in [-0.39, 0.29) is 11.5 Å². The summed E-state index contributed by atoms with van der Waals surface area (Å²) in [5, 5.41) is 0.443. The van der Waals surface area contributed by atoms with E-state index in [2.05, 4.69) is 46.7 Å². The highest BCUT2D eigenvalue weighted by molar-refractivity contribution is 9.10. The minimum atomic E-state index is -0.168. The van der Waals surface area contributed by atoms with E-state index in [0.717, 1.165) is 16.6 Å². The number of rotatable bonds is 3. The number of hydrogen-bond donors (Lipinski definition) is 0. The molecule has 1 aromatic heterocycles. The van der Waals surface area contributed by atoms with Gasteiger partial charge in [0.25, 0.3) is 0 Å². The molecular weight excluding hydrogens is 304 g/mol. The van der Waals surface area contributed by atoms with Gasteiger partial charge in [-0.2, -0.15) is 0 Å². The van der Waals surface area contributed by atoms with Gasteiger partial charge in [0.05, 0.1) is 10.2 Å². The Morgan fingerprint density at radius 1 is 1.35 bits per heavy atom. The zero-order valence-corrected chi connectivity index (χ0v) is 13.2. The minimum absolute atomic E-state index is 0.0725. The molecule has 17 heavy (non-hydrogen) atoms. The number of ether oxygens (including phenoxy) is 1. The van der Waals surface area contributed by atoms with Crippen molar-refractivity contribution in [3.63, 3.8) is 0 Å². The molecule has 1 unspecified atom stereocenters. The maximum Gasteiger partial charge on any atom is 0.159 e. The highest BCUT2D eigenvalue weighted by Gasteiger charge is 2.29. The van der Waals surface area contributed by atoms with Crippen LogP contribution in [0.25, 0.3) is 0 Å². The van der Waals surface area contributed by atoms with Crippen LogP contribution in [0.4, 0.5) is 0 Å². The van der Waals surface area contributed by atoms with Crippen molar-refractivity contribution in [1.29, 1.82) is 0 Å². The summed E-state index contributed by atoms with van der Waals surface area (Å²) in [6.07, 6.45) is 0.634. The van der Waals surface area contributed by atoms with Crippen molar-refractivity contribution in [3.05, 3.63) is 21.1 Å². The number of aryl methyl sites for hydroxylation is 1. The van der Waals surface area contributed by atoms with Crippen LogP contribution in [-0.2, 0) is 11.2 Å². The van der Waals surface area contributed by atoms with Crippen LogP contribution in [0.1, 0.15) is 45.3 Å². The van der Waals surface area contributed by atoms with E-state index in [1.54, 1.807) is 7.11 Å². The standard InChI is InChI=1S/C12H18BrClN2O/c1-6-7-8(13)10(14)16-11(15-7)9(17-5)12(2,3)4/h9H,6H2,1-5H3. The topological polar surface area (TPSA) is 35.0 Å². The zero-order chi connectivity index (χ0) is 13.2. The van der Waals surface area contributed by atoms with Crippen molar-refractivity contribution in [3.8, 4) is 0 Å². The second-order valence-corrected chi connectivity index (χ2v) is 6.12.